The smallest absolute Gasteiger partial charge is 0.0923 e. The summed E-state index contributed by atoms with van der Waals surface area (Å²) >= 11 is 0. The van der Waals surface area contributed by atoms with Crippen LogP contribution in [0.3, 0.4) is 0 Å². The van der Waals surface area contributed by atoms with Gasteiger partial charge in [0.05, 0.1) is 12.7 Å². The third-order valence-corrected chi connectivity index (χ3v) is 4.24. The van der Waals surface area contributed by atoms with Crippen molar-refractivity contribution in [3.63, 3.8) is 0 Å². The molecule has 21 heavy (non-hydrogen) atoms. The molecule has 3 heteroatoms. The summed E-state index contributed by atoms with van der Waals surface area (Å²) in [6, 6.07) is 15.0. The van der Waals surface area contributed by atoms with Crippen molar-refractivity contribution in [2.75, 3.05) is 26.8 Å². The van der Waals surface area contributed by atoms with Crippen LogP contribution in [-0.2, 0) is 4.74 Å². The number of methoxy groups -OCH3 is 1. The lowest BCUT2D eigenvalue weighted by Gasteiger charge is -2.25. The van der Waals surface area contributed by atoms with E-state index in [0.29, 0.717) is 12.6 Å². The summed E-state index contributed by atoms with van der Waals surface area (Å²) in [5, 5.41) is 13.0. The Labute approximate surface area is 126 Å². The molecule has 0 aliphatic heterocycles. The van der Waals surface area contributed by atoms with Crippen LogP contribution in [0.1, 0.15) is 24.5 Å². The van der Waals surface area contributed by atoms with Gasteiger partial charge in [-0.2, -0.15) is 0 Å². The Kier molecular flexibility index (Phi) is 4.54. The molecule has 3 rings (SSSR count). The fraction of sp³-hybridized carbons (Fsp3) is 0.444. The number of hydrogen-bond donors (Lipinski definition) is 1. The molecule has 3 nitrogen and oxygen atoms in total. The van der Waals surface area contributed by atoms with Gasteiger partial charge < -0.3 is 9.84 Å². The van der Waals surface area contributed by atoms with E-state index < -0.39 is 6.10 Å². The van der Waals surface area contributed by atoms with Gasteiger partial charge in [0, 0.05) is 26.2 Å². The molecule has 0 heterocycles. The molecule has 2 aromatic rings. The minimum absolute atomic E-state index is 0.450. The standard InChI is InChI=1S/C18H23NO2/c1-21-12-11-19(15-9-10-15)13-18(20)17-8-4-6-14-5-2-3-7-16(14)17/h2-8,15,18,20H,9-13H2,1H3. The normalized spacial score (nSPS) is 16.5. The molecule has 0 amide bonds. The average molecular weight is 285 g/mol. The molecule has 1 unspecified atom stereocenters. The minimum atomic E-state index is -0.450. The Balaban J connectivity index is 1.78. The third kappa shape index (κ3) is 3.43. The molecule has 0 saturated heterocycles. The largest absolute Gasteiger partial charge is 0.387 e. The lowest BCUT2D eigenvalue weighted by molar-refractivity contribution is 0.0853. The van der Waals surface area contributed by atoms with Gasteiger partial charge >= 0.3 is 0 Å². The van der Waals surface area contributed by atoms with Crippen LogP contribution in [0.2, 0.25) is 0 Å². The van der Waals surface area contributed by atoms with E-state index in [4.69, 9.17) is 4.74 Å². The van der Waals surface area contributed by atoms with Gasteiger partial charge in [-0.05, 0) is 29.2 Å². The zero-order valence-corrected chi connectivity index (χ0v) is 12.5. The van der Waals surface area contributed by atoms with Crippen LogP contribution in [0.25, 0.3) is 10.8 Å². The van der Waals surface area contributed by atoms with E-state index in [-0.39, 0.29) is 0 Å². The van der Waals surface area contributed by atoms with E-state index in [0.717, 1.165) is 24.1 Å². The van der Waals surface area contributed by atoms with Gasteiger partial charge in [0.1, 0.15) is 0 Å². The highest BCUT2D eigenvalue weighted by Crippen LogP contribution is 2.30. The maximum Gasteiger partial charge on any atom is 0.0923 e. The number of rotatable bonds is 7. The Bertz CT molecular complexity index is 589. The van der Waals surface area contributed by atoms with Gasteiger partial charge in [-0.25, -0.2) is 0 Å². The van der Waals surface area contributed by atoms with Crippen LogP contribution >= 0.6 is 0 Å². The van der Waals surface area contributed by atoms with E-state index in [9.17, 15) is 5.11 Å². The van der Waals surface area contributed by atoms with Crippen molar-refractivity contribution in [3.05, 3.63) is 48.0 Å². The van der Waals surface area contributed by atoms with E-state index in [2.05, 4.69) is 23.1 Å². The predicted octanol–water partition coefficient (Wildman–Crippen LogP) is 2.98. The molecule has 0 aromatic heterocycles. The molecular formula is C18H23NO2. The van der Waals surface area contributed by atoms with Crippen LogP contribution in [0.15, 0.2) is 42.5 Å². The number of aliphatic hydroxyl groups excluding tert-OH is 1. The molecule has 0 radical (unpaired) electrons. The zero-order valence-electron chi connectivity index (χ0n) is 12.5. The summed E-state index contributed by atoms with van der Waals surface area (Å²) in [5.41, 5.74) is 1.02. The summed E-state index contributed by atoms with van der Waals surface area (Å²) in [6.07, 6.45) is 2.03. The second-order valence-electron chi connectivity index (χ2n) is 5.80. The Hall–Kier alpha value is -1.42. The lowest BCUT2D eigenvalue weighted by Crippen LogP contribution is -2.33. The molecule has 0 bridgehead atoms. The molecule has 1 saturated carbocycles. The first-order valence-electron chi connectivity index (χ1n) is 7.68. The maximum atomic E-state index is 10.7. The minimum Gasteiger partial charge on any atom is -0.387 e. The van der Waals surface area contributed by atoms with Gasteiger partial charge in [-0.3, -0.25) is 4.90 Å². The highest BCUT2D eigenvalue weighted by molar-refractivity contribution is 5.85. The first-order chi connectivity index (χ1) is 10.3. The SMILES string of the molecule is COCCN(CC(O)c1cccc2ccccc12)C1CC1. The number of nitrogens with zero attached hydrogens (tertiary/aromatic N) is 1. The summed E-state index contributed by atoms with van der Waals surface area (Å²) in [5.74, 6) is 0. The van der Waals surface area contributed by atoms with Crippen molar-refractivity contribution in [2.24, 2.45) is 0 Å². The van der Waals surface area contributed by atoms with Crippen LogP contribution in [0.4, 0.5) is 0 Å². The van der Waals surface area contributed by atoms with Crippen LogP contribution < -0.4 is 0 Å². The molecule has 2 aromatic carbocycles. The fourth-order valence-corrected chi connectivity index (χ4v) is 2.93. The first-order valence-corrected chi connectivity index (χ1v) is 7.68. The van der Waals surface area contributed by atoms with Gasteiger partial charge in [0.25, 0.3) is 0 Å². The Morgan fingerprint density at radius 2 is 1.95 bits per heavy atom. The van der Waals surface area contributed by atoms with Gasteiger partial charge in [-0.15, -0.1) is 0 Å². The lowest BCUT2D eigenvalue weighted by atomic mass is 10.00. The van der Waals surface area contributed by atoms with Crippen molar-refractivity contribution >= 4 is 10.8 Å². The van der Waals surface area contributed by atoms with Crippen molar-refractivity contribution < 1.29 is 9.84 Å². The van der Waals surface area contributed by atoms with Crippen LogP contribution in [0.5, 0.6) is 0 Å². The monoisotopic (exact) mass is 285 g/mol. The Morgan fingerprint density at radius 3 is 2.71 bits per heavy atom. The molecule has 1 aliphatic carbocycles. The highest BCUT2D eigenvalue weighted by Gasteiger charge is 2.30. The zero-order chi connectivity index (χ0) is 14.7. The number of hydrogen-bond acceptors (Lipinski definition) is 3. The van der Waals surface area contributed by atoms with Crippen LogP contribution in [-0.4, -0.2) is 42.9 Å². The van der Waals surface area contributed by atoms with Crippen molar-refractivity contribution in [2.45, 2.75) is 25.0 Å². The molecule has 1 aliphatic rings. The average Bonchev–Trinajstić information content (AvgIpc) is 3.35. The maximum absolute atomic E-state index is 10.7. The summed E-state index contributed by atoms with van der Waals surface area (Å²) in [7, 11) is 1.73. The molecule has 0 spiro atoms. The Morgan fingerprint density at radius 1 is 1.19 bits per heavy atom. The van der Waals surface area contributed by atoms with Crippen molar-refractivity contribution in [3.8, 4) is 0 Å². The van der Waals surface area contributed by atoms with Crippen LogP contribution in [0, 0.1) is 0 Å². The second-order valence-corrected chi connectivity index (χ2v) is 5.80. The van der Waals surface area contributed by atoms with E-state index in [1.807, 2.05) is 24.3 Å². The van der Waals surface area contributed by atoms with E-state index >= 15 is 0 Å². The fourth-order valence-electron chi connectivity index (χ4n) is 2.93. The van der Waals surface area contributed by atoms with E-state index in [1.165, 1.54) is 18.2 Å². The summed E-state index contributed by atoms with van der Waals surface area (Å²) in [6.45, 7) is 2.30. The molecule has 1 N–H and O–H groups in total. The van der Waals surface area contributed by atoms with Gasteiger partial charge in [0.2, 0.25) is 0 Å². The number of aliphatic hydroxyl groups is 1. The second kappa shape index (κ2) is 6.56. The summed E-state index contributed by atoms with van der Waals surface area (Å²) < 4.78 is 5.18. The van der Waals surface area contributed by atoms with Gasteiger partial charge in [0.15, 0.2) is 0 Å². The number of ether oxygens (including phenoxy) is 1. The first kappa shape index (κ1) is 14.5. The highest BCUT2D eigenvalue weighted by atomic mass is 16.5. The van der Waals surface area contributed by atoms with E-state index in [1.54, 1.807) is 7.11 Å². The molecule has 1 fully saturated rings. The summed E-state index contributed by atoms with van der Waals surface area (Å²) in [4.78, 5) is 2.36. The van der Waals surface area contributed by atoms with Gasteiger partial charge in [-0.1, -0.05) is 42.5 Å². The molecule has 1 atom stereocenters. The topological polar surface area (TPSA) is 32.7 Å². The third-order valence-electron chi connectivity index (χ3n) is 4.24. The number of benzene rings is 2. The molecule has 112 valence electrons. The quantitative estimate of drug-likeness (QED) is 0.849. The molecular weight excluding hydrogens is 262 g/mol. The predicted molar refractivity (Wildman–Crippen MR) is 85.4 cm³/mol. The van der Waals surface area contributed by atoms with Crippen molar-refractivity contribution in [1.82, 2.24) is 4.90 Å². The van der Waals surface area contributed by atoms with Crippen molar-refractivity contribution in [1.29, 1.82) is 0 Å². The number of fused-ring (bicyclic) bond motifs is 1.